The number of aromatic amines is 1. The fourth-order valence-corrected chi connectivity index (χ4v) is 2.13. The molecule has 0 radical (unpaired) electrons. The van der Waals surface area contributed by atoms with Crippen LogP contribution in [0.25, 0.3) is 0 Å². The van der Waals surface area contributed by atoms with Crippen LogP contribution in [0.4, 0.5) is 0 Å². The van der Waals surface area contributed by atoms with Gasteiger partial charge in [-0.2, -0.15) is 5.10 Å². The first kappa shape index (κ1) is 11.8. The average Bonchev–Trinajstić information content (AvgIpc) is 2.77. The van der Waals surface area contributed by atoms with E-state index in [9.17, 15) is 0 Å². The summed E-state index contributed by atoms with van der Waals surface area (Å²) in [5.41, 5.74) is 1.29. The van der Waals surface area contributed by atoms with Crippen LogP contribution in [-0.2, 0) is 0 Å². The Balaban J connectivity index is 2.39. The van der Waals surface area contributed by atoms with Crippen LogP contribution in [0.1, 0.15) is 43.4 Å². The predicted molar refractivity (Wildman–Crippen MR) is 68.9 cm³/mol. The molecule has 0 aliphatic rings. The molecule has 0 saturated heterocycles. The molecule has 0 aliphatic heterocycles. The number of hydrogen-bond acceptors (Lipinski definition) is 2. The maximum atomic E-state index is 4.49. The minimum Gasteiger partial charge on any atom is -0.263 e. The lowest BCUT2D eigenvalue weighted by molar-refractivity contribution is 0.479. The Morgan fingerprint density at radius 3 is 2.47 bits per heavy atom. The molecule has 2 aromatic rings. The second-order valence-electron chi connectivity index (χ2n) is 4.55. The van der Waals surface area contributed by atoms with E-state index in [1.165, 1.54) is 5.56 Å². The van der Waals surface area contributed by atoms with Gasteiger partial charge >= 0.3 is 0 Å². The number of benzene rings is 1. The predicted octanol–water partition coefficient (Wildman–Crippen LogP) is 3.29. The summed E-state index contributed by atoms with van der Waals surface area (Å²) in [4.78, 5) is 4.49. The number of hydrogen-bond donors (Lipinski definition) is 1. The van der Waals surface area contributed by atoms with Crippen molar-refractivity contribution >= 4 is 0 Å². The van der Waals surface area contributed by atoms with E-state index in [-0.39, 0.29) is 5.92 Å². The first-order chi connectivity index (χ1) is 8.22. The molecule has 2 rings (SSSR count). The molecule has 1 N–H and O–H groups in total. The number of aryl methyl sites for hydroxylation is 1. The van der Waals surface area contributed by atoms with Crippen molar-refractivity contribution in [1.29, 1.82) is 0 Å². The largest absolute Gasteiger partial charge is 0.263 e. The SMILES string of the molecule is CCC(C)C(c1ccccc1)c1n[nH]c(C)n1. The summed E-state index contributed by atoms with van der Waals surface area (Å²) in [6.45, 7) is 6.40. The molecular weight excluding hydrogens is 210 g/mol. The van der Waals surface area contributed by atoms with Crippen molar-refractivity contribution in [3.05, 3.63) is 47.5 Å². The molecule has 3 heteroatoms. The summed E-state index contributed by atoms with van der Waals surface area (Å²) >= 11 is 0. The van der Waals surface area contributed by atoms with Crippen LogP contribution >= 0.6 is 0 Å². The van der Waals surface area contributed by atoms with Crippen LogP contribution in [0.15, 0.2) is 30.3 Å². The molecule has 0 fully saturated rings. The van der Waals surface area contributed by atoms with E-state index in [0.717, 1.165) is 18.1 Å². The van der Waals surface area contributed by atoms with Crippen LogP contribution < -0.4 is 0 Å². The molecule has 0 bridgehead atoms. The summed E-state index contributed by atoms with van der Waals surface area (Å²) in [5, 5.41) is 7.26. The normalized spacial score (nSPS) is 14.5. The van der Waals surface area contributed by atoms with E-state index < -0.39 is 0 Å². The van der Waals surface area contributed by atoms with Crippen LogP contribution in [0.5, 0.6) is 0 Å². The molecule has 0 aliphatic carbocycles. The number of rotatable bonds is 4. The van der Waals surface area contributed by atoms with Crippen molar-refractivity contribution in [2.24, 2.45) is 5.92 Å². The second kappa shape index (κ2) is 5.13. The van der Waals surface area contributed by atoms with Crippen molar-refractivity contribution in [3.8, 4) is 0 Å². The van der Waals surface area contributed by atoms with Crippen LogP contribution in [0.2, 0.25) is 0 Å². The smallest absolute Gasteiger partial charge is 0.158 e. The van der Waals surface area contributed by atoms with Crippen LogP contribution in [0, 0.1) is 12.8 Å². The highest BCUT2D eigenvalue weighted by molar-refractivity contribution is 5.26. The van der Waals surface area contributed by atoms with Gasteiger partial charge in [-0.3, -0.25) is 5.10 Å². The summed E-state index contributed by atoms with van der Waals surface area (Å²) in [6, 6.07) is 10.5. The van der Waals surface area contributed by atoms with E-state index in [4.69, 9.17) is 0 Å². The molecular formula is C14H19N3. The third kappa shape index (κ3) is 2.54. The molecule has 2 atom stereocenters. The molecule has 1 aromatic carbocycles. The lowest BCUT2D eigenvalue weighted by atomic mass is 9.85. The van der Waals surface area contributed by atoms with E-state index in [1.807, 2.05) is 13.0 Å². The Bertz CT molecular complexity index is 461. The fourth-order valence-electron chi connectivity index (χ4n) is 2.13. The van der Waals surface area contributed by atoms with Gasteiger partial charge in [0.25, 0.3) is 0 Å². The van der Waals surface area contributed by atoms with Gasteiger partial charge in [-0.1, -0.05) is 50.6 Å². The zero-order chi connectivity index (χ0) is 12.3. The molecule has 0 spiro atoms. The molecule has 1 aromatic heterocycles. The van der Waals surface area contributed by atoms with Crippen molar-refractivity contribution in [2.45, 2.75) is 33.1 Å². The van der Waals surface area contributed by atoms with Gasteiger partial charge in [0.05, 0.1) is 0 Å². The van der Waals surface area contributed by atoms with Gasteiger partial charge in [-0.05, 0) is 18.4 Å². The monoisotopic (exact) mass is 229 g/mol. The maximum Gasteiger partial charge on any atom is 0.158 e. The number of aromatic nitrogens is 3. The Labute approximate surface area is 102 Å². The third-order valence-corrected chi connectivity index (χ3v) is 3.26. The Kier molecular flexibility index (Phi) is 3.57. The lowest BCUT2D eigenvalue weighted by Gasteiger charge is -2.20. The van der Waals surface area contributed by atoms with E-state index >= 15 is 0 Å². The molecule has 2 unspecified atom stereocenters. The average molecular weight is 229 g/mol. The standard InChI is InChI=1S/C14H19N3/c1-4-10(2)13(12-8-6-5-7-9-12)14-15-11(3)16-17-14/h5-10,13H,4H2,1-3H3,(H,15,16,17). The summed E-state index contributed by atoms with van der Waals surface area (Å²) in [5.74, 6) is 2.60. The highest BCUT2D eigenvalue weighted by atomic mass is 15.2. The molecule has 1 heterocycles. The topological polar surface area (TPSA) is 41.6 Å². The molecule has 0 saturated carbocycles. The number of H-pyrrole nitrogens is 1. The molecule has 90 valence electrons. The third-order valence-electron chi connectivity index (χ3n) is 3.26. The van der Waals surface area contributed by atoms with Crippen LogP contribution in [0.3, 0.4) is 0 Å². The summed E-state index contributed by atoms with van der Waals surface area (Å²) in [6.07, 6.45) is 1.12. The first-order valence-electron chi connectivity index (χ1n) is 6.16. The van der Waals surface area contributed by atoms with Gasteiger partial charge in [-0.25, -0.2) is 4.98 Å². The van der Waals surface area contributed by atoms with Crippen molar-refractivity contribution in [2.75, 3.05) is 0 Å². The lowest BCUT2D eigenvalue weighted by Crippen LogP contribution is -2.12. The highest BCUT2D eigenvalue weighted by Crippen LogP contribution is 2.31. The van der Waals surface area contributed by atoms with E-state index in [0.29, 0.717) is 5.92 Å². The number of nitrogens with zero attached hydrogens (tertiary/aromatic N) is 2. The van der Waals surface area contributed by atoms with Gasteiger partial charge in [0.2, 0.25) is 0 Å². The Morgan fingerprint density at radius 2 is 1.94 bits per heavy atom. The number of nitrogens with one attached hydrogen (secondary N) is 1. The molecule has 17 heavy (non-hydrogen) atoms. The zero-order valence-corrected chi connectivity index (χ0v) is 10.6. The van der Waals surface area contributed by atoms with Gasteiger partial charge < -0.3 is 0 Å². The minimum atomic E-state index is 0.283. The molecule has 3 nitrogen and oxygen atoms in total. The maximum absolute atomic E-state index is 4.49. The van der Waals surface area contributed by atoms with Crippen LogP contribution in [-0.4, -0.2) is 15.2 Å². The van der Waals surface area contributed by atoms with E-state index in [2.05, 4.69) is 53.3 Å². The summed E-state index contributed by atoms with van der Waals surface area (Å²) in [7, 11) is 0. The van der Waals surface area contributed by atoms with Crippen molar-refractivity contribution < 1.29 is 0 Å². The van der Waals surface area contributed by atoms with Gasteiger partial charge in [0, 0.05) is 5.92 Å². The second-order valence-corrected chi connectivity index (χ2v) is 4.55. The van der Waals surface area contributed by atoms with Crippen molar-refractivity contribution in [3.63, 3.8) is 0 Å². The van der Waals surface area contributed by atoms with E-state index in [1.54, 1.807) is 0 Å². The fraction of sp³-hybridized carbons (Fsp3) is 0.429. The Morgan fingerprint density at radius 1 is 1.24 bits per heavy atom. The Hall–Kier alpha value is -1.64. The van der Waals surface area contributed by atoms with Gasteiger partial charge in [0.15, 0.2) is 5.82 Å². The first-order valence-corrected chi connectivity index (χ1v) is 6.16. The minimum absolute atomic E-state index is 0.283. The van der Waals surface area contributed by atoms with Gasteiger partial charge in [-0.15, -0.1) is 0 Å². The summed E-state index contributed by atoms with van der Waals surface area (Å²) < 4.78 is 0. The zero-order valence-electron chi connectivity index (χ0n) is 10.6. The van der Waals surface area contributed by atoms with Crippen molar-refractivity contribution in [1.82, 2.24) is 15.2 Å². The molecule has 0 amide bonds. The quantitative estimate of drug-likeness (QED) is 0.874. The highest BCUT2D eigenvalue weighted by Gasteiger charge is 2.23. The van der Waals surface area contributed by atoms with Gasteiger partial charge in [0.1, 0.15) is 5.82 Å².